The molecule has 0 aromatic rings. The van der Waals surface area contributed by atoms with Gasteiger partial charge in [0.25, 0.3) is 0 Å². The first kappa shape index (κ1) is 25.5. The molecule has 27 heavy (non-hydrogen) atoms. The van der Waals surface area contributed by atoms with Gasteiger partial charge in [-0.15, -0.1) is 0 Å². The van der Waals surface area contributed by atoms with E-state index in [1.54, 1.807) is 0 Å². The molecule has 0 aliphatic rings. The zero-order valence-electron chi connectivity index (χ0n) is 17.8. The Labute approximate surface area is 166 Å². The molecule has 0 aliphatic heterocycles. The molecule has 0 saturated heterocycles. The van der Waals surface area contributed by atoms with Crippen LogP contribution in [-0.4, -0.2) is 25.2 Å². The second kappa shape index (κ2) is 19.3. The molecule has 156 valence electrons. The Balaban J connectivity index is 3.46. The van der Waals surface area contributed by atoms with Crippen molar-refractivity contribution < 1.29 is 19.1 Å². The van der Waals surface area contributed by atoms with Crippen molar-refractivity contribution in [1.82, 2.24) is 0 Å². The zero-order chi connectivity index (χ0) is 20.2. The number of hydrogen-bond donors (Lipinski definition) is 0. The smallest absolute Gasteiger partial charge is 0.306 e. The number of ether oxygens (including phenoxy) is 2. The van der Waals surface area contributed by atoms with Crippen molar-refractivity contribution in [1.29, 1.82) is 0 Å². The van der Waals surface area contributed by atoms with Crippen LogP contribution in [0.3, 0.4) is 0 Å². The van der Waals surface area contributed by atoms with Crippen LogP contribution in [0.15, 0.2) is 0 Å². The number of carbonyl (C=O) groups excluding carboxylic acids is 2. The Bertz CT molecular complexity index is 433. The van der Waals surface area contributed by atoms with Crippen LogP contribution in [0, 0.1) is 17.8 Å². The van der Waals surface area contributed by atoms with Crippen LogP contribution in [0.2, 0.25) is 0 Å². The summed E-state index contributed by atoms with van der Waals surface area (Å²) in [5.74, 6) is 5.78. The predicted octanol–water partition coefficient (Wildman–Crippen LogP) is 5.82. The average molecular weight is 381 g/mol. The molecule has 1 unspecified atom stereocenters. The van der Waals surface area contributed by atoms with Crippen molar-refractivity contribution in [2.75, 3.05) is 13.2 Å². The van der Waals surface area contributed by atoms with Gasteiger partial charge in [-0.25, -0.2) is 0 Å². The first-order valence-corrected chi connectivity index (χ1v) is 10.9. The van der Waals surface area contributed by atoms with Crippen molar-refractivity contribution in [3.8, 4) is 11.8 Å². The fourth-order valence-electron chi connectivity index (χ4n) is 2.48. The standard InChI is InChI=1S/C23H40O4/c1-4-6-7-8-9-10-11-12-13-14-15-19-26-22(24)17-16-18-23(25)27-20-21(3)5-2/h21H,4-13,16-20H2,1-3H3. The van der Waals surface area contributed by atoms with Gasteiger partial charge < -0.3 is 9.47 Å². The summed E-state index contributed by atoms with van der Waals surface area (Å²) in [7, 11) is 0. The van der Waals surface area contributed by atoms with E-state index in [1.807, 2.05) is 6.92 Å². The summed E-state index contributed by atoms with van der Waals surface area (Å²) in [6.45, 7) is 6.94. The van der Waals surface area contributed by atoms with Crippen LogP contribution in [0.5, 0.6) is 0 Å². The van der Waals surface area contributed by atoms with Crippen LogP contribution in [-0.2, 0) is 19.1 Å². The summed E-state index contributed by atoms with van der Waals surface area (Å²) in [6.07, 6.45) is 13.1. The highest BCUT2D eigenvalue weighted by Gasteiger charge is 2.08. The van der Waals surface area contributed by atoms with E-state index in [9.17, 15) is 9.59 Å². The summed E-state index contributed by atoms with van der Waals surface area (Å²) >= 11 is 0. The molecule has 0 aromatic carbocycles. The monoisotopic (exact) mass is 380 g/mol. The summed E-state index contributed by atoms with van der Waals surface area (Å²) in [4.78, 5) is 23.1. The second-order valence-electron chi connectivity index (χ2n) is 7.29. The predicted molar refractivity (Wildman–Crippen MR) is 110 cm³/mol. The van der Waals surface area contributed by atoms with Crippen LogP contribution in [0.4, 0.5) is 0 Å². The summed E-state index contributed by atoms with van der Waals surface area (Å²) in [6, 6.07) is 0. The first-order chi connectivity index (χ1) is 13.1. The minimum Gasteiger partial charge on any atom is -0.465 e. The lowest BCUT2D eigenvalue weighted by molar-refractivity contribution is -0.145. The Morgan fingerprint density at radius 2 is 1.37 bits per heavy atom. The normalized spacial score (nSPS) is 11.4. The molecule has 4 heteroatoms. The quantitative estimate of drug-likeness (QED) is 0.192. The SMILES string of the molecule is CCCCCCCCCCC#CCOC(=O)CCCC(=O)OCC(C)CC. The highest BCUT2D eigenvalue weighted by atomic mass is 16.5. The molecule has 0 fully saturated rings. The number of rotatable bonds is 16. The minimum atomic E-state index is -0.300. The van der Waals surface area contributed by atoms with Crippen LogP contribution in [0.1, 0.15) is 104 Å². The Morgan fingerprint density at radius 1 is 0.778 bits per heavy atom. The van der Waals surface area contributed by atoms with E-state index in [-0.39, 0.29) is 31.4 Å². The van der Waals surface area contributed by atoms with Crippen molar-refractivity contribution >= 4 is 11.9 Å². The van der Waals surface area contributed by atoms with Crippen LogP contribution >= 0.6 is 0 Å². The molecule has 0 saturated carbocycles. The largest absolute Gasteiger partial charge is 0.465 e. The maximum atomic E-state index is 11.6. The molecule has 0 aliphatic carbocycles. The van der Waals surface area contributed by atoms with E-state index in [2.05, 4.69) is 25.7 Å². The molecule has 0 aromatic heterocycles. The van der Waals surface area contributed by atoms with Gasteiger partial charge in [-0.1, -0.05) is 84.0 Å². The Kier molecular flexibility index (Phi) is 18.2. The molecule has 1 atom stereocenters. The van der Waals surface area contributed by atoms with Crippen molar-refractivity contribution in [3.05, 3.63) is 0 Å². The van der Waals surface area contributed by atoms with Gasteiger partial charge in [-0.05, 0) is 18.8 Å². The molecule has 0 spiro atoms. The third-order valence-corrected chi connectivity index (χ3v) is 4.57. The van der Waals surface area contributed by atoms with Gasteiger partial charge >= 0.3 is 11.9 Å². The van der Waals surface area contributed by atoms with E-state index in [0.29, 0.717) is 18.9 Å². The zero-order valence-corrected chi connectivity index (χ0v) is 17.8. The maximum absolute atomic E-state index is 11.6. The van der Waals surface area contributed by atoms with E-state index in [1.165, 1.54) is 44.9 Å². The fraction of sp³-hybridized carbons (Fsp3) is 0.826. The number of esters is 2. The molecule has 0 amide bonds. The highest BCUT2D eigenvalue weighted by Crippen LogP contribution is 2.09. The van der Waals surface area contributed by atoms with E-state index < -0.39 is 0 Å². The van der Waals surface area contributed by atoms with Gasteiger partial charge in [0.1, 0.15) is 0 Å². The lowest BCUT2D eigenvalue weighted by Gasteiger charge is -2.09. The van der Waals surface area contributed by atoms with E-state index in [4.69, 9.17) is 9.47 Å². The number of unbranched alkanes of at least 4 members (excludes halogenated alkanes) is 8. The number of carbonyl (C=O) groups is 2. The minimum absolute atomic E-state index is 0.147. The van der Waals surface area contributed by atoms with Gasteiger partial charge in [-0.3, -0.25) is 9.59 Å². The van der Waals surface area contributed by atoms with Gasteiger partial charge in [0.15, 0.2) is 6.61 Å². The van der Waals surface area contributed by atoms with Gasteiger partial charge in [0.2, 0.25) is 0 Å². The molecule has 0 radical (unpaired) electrons. The van der Waals surface area contributed by atoms with Crippen molar-refractivity contribution in [2.24, 2.45) is 5.92 Å². The number of hydrogen-bond acceptors (Lipinski definition) is 4. The summed E-state index contributed by atoms with van der Waals surface area (Å²) in [5.41, 5.74) is 0. The fourth-order valence-corrected chi connectivity index (χ4v) is 2.48. The van der Waals surface area contributed by atoms with Gasteiger partial charge in [0, 0.05) is 19.3 Å². The molecular formula is C23H40O4. The Morgan fingerprint density at radius 3 is 2.00 bits per heavy atom. The first-order valence-electron chi connectivity index (χ1n) is 10.9. The molecule has 0 rings (SSSR count). The average Bonchev–Trinajstić information content (AvgIpc) is 2.66. The van der Waals surface area contributed by atoms with Gasteiger partial charge in [-0.2, -0.15) is 0 Å². The Hall–Kier alpha value is -1.50. The highest BCUT2D eigenvalue weighted by molar-refractivity contribution is 5.72. The topological polar surface area (TPSA) is 52.6 Å². The lowest BCUT2D eigenvalue weighted by atomic mass is 10.1. The van der Waals surface area contributed by atoms with Gasteiger partial charge in [0.05, 0.1) is 6.61 Å². The van der Waals surface area contributed by atoms with E-state index in [0.717, 1.165) is 19.3 Å². The third kappa shape index (κ3) is 19.1. The van der Waals surface area contributed by atoms with Crippen LogP contribution in [0.25, 0.3) is 0 Å². The van der Waals surface area contributed by atoms with Crippen molar-refractivity contribution in [3.63, 3.8) is 0 Å². The molecule has 0 bridgehead atoms. The maximum Gasteiger partial charge on any atom is 0.306 e. The summed E-state index contributed by atoms with van der Waals surface area (Å²) in [5, 5.41) is 0. The molecule has 4 nitrogen and oxygen atoms in total. The molecular weight excluding hydrogens is 340 g/mol. The van der Waals surface area contributed by atoms with Crippen molar-refractivity contribution in [2.45, 2.75) is 104 Å². The van der Waals surface area contributed by atoms with E-state index >= 15 is 0 Å². The summed E-state index contributed by atoms with van der Waals surface area (Å²) < 4.78 is 10.2. The third-order valence-electron chi connectivity index (χ3n) is 4.57. The molecule has 0 heterocycles. The lowest BCUT2D eigenvalue weighted by Crippen LogP contribution is -2.12. The molecule has 0 N–H and O–H groups in total. The second-order valence-corrected chi connectivity index (χ2v) is 7.29. The van der Waals surface area contributed by atoms with Crippen LogP contribution < -0.4 is 0 Å².